The Labute approximate surface area is 97.6 Å². The third kappa shape index (κ3) is 2.76. The molecule has 0 saturated heterocycles. The first-order valence-electron chi connectivity index (χ1n) is 4.57. The fraction of sp³-hybridized carbons (Fsp3) is 0.0833. The van der Waals surface area contributed by atoms with E-state index in [1.807, 2.05) is 42.0 Å². The number of aryl methyl sites for hydroxylation is 1. The van der Waals surface area contributed by atoms with Crippen LogP contribution in [0.15, 0.2) is 45.4 Å². The molecule has 3 heteroatoms. The first kappa shape index (κ1) is 10.6. The van der Waals surface area contributed by atoms with Crippen molar-refractivity contribution in [2.24, 2.45) is 0 Å². The molecule has 0 atom stereocenters. The highest BCUT2D eigenvalue weighted by atomic mass is 32.2. The lowest BCUT2D eigenvalue weighted by molar-refractivity contribution is 0.104. The second-order valence-electron chi connectivity index (χ2n) is 3.20. The van der Waals surface area contributed by atoms with E-state index in [4.69, 9.17) is 0 Å². The minimum atomic E-state index is 0.0809. The third-order valence-electron chi connectivity index (χ3n) is 1.98. The summed E-state index contributed by atoms with van der Waals surface area (Å²) in [6.45, 7) is 1.99. The second-order valence-corrected chi connectivity index (χ2v) is 5.36. The van der Waals surface area contributed by atoms with E-state index < -0.39 is 0 Å². The SMILES string of the molecule is Cc1cccc(C(=O)C=C2SC=CS2)c1. The molecule has 1 nitrogen and oxygen atoms in total. The second kappa shape index (κ2) is 4.73. The first-order chi connectivity index (χ1) is 7.25. The minimum absolute atomic E-state index is 0.0809. The molecule has 0 aliphatic carbocycles. The van der Waals surface area contributed by atoms with Crippen molar-refractivity contribution in [3.8, 4) is 0 Å². The molecule has 0 fully saturated rings. The van der Waals surface area contributed by atoms with E-state index in [1.165, 1.54) is 0 Å². The van der Waals surface area contributed by atoms with E-state index in [0.717, 1.165) is 15.4 Å². The number of allylic oxidation sites excluding steroid dienone is 1. The van der Waals surface area contributed by atoms with Gasteiger partial charge in [-0.25, -0.2) is 0 Å². The quantitative estimate of drug-likeness (QED) is 0.569. The number of carbonyl (C=O) groups is 1. The number of rotatable bonds is 2. The lowest BCUT2D eigenvalue weighted by Crippen LogP contribution is -1.94. The third-order valence-corrected chi connectivity index (χ3v) is 3.97. The van der Waals surface area contributed by atoms with Crippen molar-refractivity contribution in [1.82, 2.24) is 0 Å². The largest absolute Gasteiger partial charge is 0.289 e. The predicted molar refractivity (Wildman–Crippen MR) is 67.9 cm³/mol. The smallest absolute Gasteiger partial charge is 0.187 e. The molecule has 0 unspecified atom stereocenters. The zero-order valence-corrected chi connectivity index (χ0v) is 9.90. The van der Waals surface area contributed by atoms with E-state index in [1.54, 1.807) is 29.6 Å². The highest BCUT2D eigenvalue weighted by Crippen LogP contribution is 2.37. The predicted octanol–water partition coefficient (Wildman–Crippen LogP) is 3.97. The van der Waals surface area contributed by atoms with Gasteiger partial charge in [0, 0.05) is 11.6 Å². The average molecular weight is 234 g/mol. The summed E-state index contributed by atoms with van der Waals surface area (Å²) in [5.74, 6) is 0.0809. The highest BCUT2D eigenvalue weighted by Gasteiger charge is 2.07. The Morgan fingerprint density at radius 3 is 2.67 bits per heavy atom. The van der Waals surface area contributed by atoms with Crippen molar-refractivity contribution in [2.75, 3.05) is 0 Å². The van der Waals surface area contributed by atoms with Gasteiger partial charge in [0.25, 0.3) is 0 Å². The lowest BCUT2D eigenvalue weighted by atomic mass is 10.1. The van der Waals surface area contributed by atoms with Gasteiger partial charge in [-0.15, -0.1) is 0 Å². The molecule has 0 spiro atoms. The Morgan fingerprint density at radius 2 is 2.00 bits per heavy atom. The maximum atomic E-state index is 11.8. The topological polar surface area (TPSA) is 17.1 Å². The summed E-state index contributed by atoms with van der Waals surface area (Å²) in [5, 5.41) is 3.97. The zero-order valence-electron chi connectivity index (χ0n) is 8.27. The number of thioether (sulfide) groups is 2. The van der Waals surface area contributed by atoms with Gasteiger partial charge in [0.2, 0.25) is 0 Å². The summed E-state index contributed by atoms with van der Waals surface area (Å²) in [5.41, 5.74) is 1.87. The molecule has 76 valence electrons. The van der Waals surface area contributed by atoms with Crippen LogP contribution in [-0.2, 0) is 0 Å². The molecule has 0 radical (unpaired) electrons. The van der Waals surface area contributed by atoms with Gasteiger partial charge in [-0.05, 0) is 23.8 Å². The number of benzene rings is 1. The van der Waals surface area contributed by atoms with Crippen molar-refractivity contribution < 1.29 is 4.79 Å². The molecule has 1 aliphatic rings. The maximum absolute atomic E-state index is 11.8. The van der Waals surface area contributed by atoms with E-state index >= 15 is 0 Å². The summed E-state index contributed by atoms with van der Waals surface area (Å²) in [6.07, 6.45) is 1.70. The van der Waals surface area contributed by atoms with Gasteiger partial charge in [-0.2, -0.15) is 0 Å². The van der Waals surface area contributed by atoms with Crippen LogP contribution < -0.4 is 0 Å². The molecule has 2 rings (SSSR count). The van der Waals surface area contributed by atoms with Gasteiger partial charge >= 0.3 is 0 Å². The normalized spacial score (nSPS) is 14.3. The highest BCUT2D eigenvalue weighted by molar-refractivity contribution is 8.27. The van der Waals surface area contributed by atoms with Gasteiger partial charge in [0.1, 0.15) is 0 Å². The van der Waals surface area contributed by atoms with Crippen LogP contribution in [0.1, 0.15) is 15.9 Å². The molecule has 0 amide bonds. The fourth-order valence-corrected chi connectivity index (χ4v) is 2.89. The molecule has 15 heavy (non-hydrogen) atoms. The monoisotopic (exact) mass is 234 g/mol. The number of hydrogen-bond donors (Lipinski definition) is 0. The first-order valence-corrected chi connectivity index (χ1v) is 6.33. The van der Waals surface area contributed by atoms with E-state index in [0.29, 0.717) is 0 Å². The number of carbonyl (C=O) groups excluding carboxylic acids is 1. The fourth-order valence-electron chi connectivity index (χ4n) is 1.27. The van der Waals surface area contributed by atoms with Crippen LogP contribution in [0.4, 0.5) is 0 Å². The molecule has 1 aliphatic heterocycles. The summed E-state index contributed by atoms with van der Waals surface area (Å²) < 4.78 is 1.04. The van der Waals surface area contributed by atoms with Crippen LogP contribution in [0.3, 0.4) is 0 Å². The van der Waals surface area contributed by atoms with Crippen molar-refractivity contribution in [2.45, 2.75) is 6.92 Å². The Balaban J connectivity index is 2.18. The lowest BCUT2D eigenvalue weighted by Gasteiger charge is -1.98. The molecule has 1 aromatic rings. The summed E-state index contributed by atoms with van der Waals surface area (Å²) in [7, 11) is 0. The number of ketones is 1. The maximum Gasteiger partial charge on any atom is 0.187 e. The van der Waals surface area contributed by atoms with Gasteiger partial charge in [0.15, 0.2) is 5.78 Å². The summed E-state index contributed by atoms with van der Waals surface area (Å²) >= 11 is 3.18. The van der Waals surface area contributed by atoms with Crippen LogP contribution in [0.25, 0.3) is 0 Å². The van der Waals surface area contributed by atoms with Gasteiger partial charge in [0.05, 0.1) is 4.24 Å². The van der Waals surface area contributed by atoms with Gasteiger partial charge in [-0.3, -0.25) is 4.79 Å². The average Bonchev–Trinajstić information content (AvgIpc) is 2.70. The summed E-state index contributed by atoms with van der Waals surface area (Å²) in [4.78, 5) is 11.8. The van der Waals surface area contributed by atoms with Crippen LogP contribution >= 0.6 is 23.5 Å². The Bertz CT molecular complexity index is 437. The van der Waals surface area contributed by atoms with Crippen LogP contribution in [0.5, 0.6) is 0 Å². The van der Waals surface area contributed by atoms with Gasteiger partial charge in [-0.1, -0.05) is 47.3 Å². The molecular weight excluding hydrogens is 224 g/mol. The van der Waals surface area contributed by atoms with Crippen LogP contribution in [-0.4, -0.2) is 5.78 Å². The molecule has 1 aromatic carbocycles. The van der Waals surface area contributed by atoms with Crippen LogP contribution in [0.2, 0.25) is 0 Å². The Kier molecular flexibility index (Phi) is 3.34. The van der Waals surface area contributed by atoms with E-state index in [2.05, 4.69) is 0 Å². The van der Waals surface area contributed by atoms with E-state index in [9.17, 15) is 4.79 Å². The Morgan fingerprint density at radius 1 is 1.27 bits per heavy atom. The van der Waals surface area contributed by atoms with Crippen molar-refractivity contribution in [3.05, 3.63) is 56.5 Å². The Hall–Kier alpha value is -0.930. The van der Waals surface area contributed by atoms with E-state index in [-0.39, 0.29) is 5.78 Å². The van der Waals surface area contributed by atoms with Crippen molar-refractivity contribution in [3.63, 3.8) is 0 Å². The van der Waals surface area contributed by atoms with Crippen LogP contribution in [0, 0.1) is 6.92 Å². The molecule has 0 bridgehead atoms. The minimum Gasteiger partial charge on any atom is -0.289 e. The molecule has 0 N–H and O–H groups in total. The van der Waals surface area contributed by atoms with Crippen molar-refractivity contribution >= 4 is 29.3 Å². The van der Waals surface area contributed by atoms with Gasteiger partial charge < -0.3 is 0 Å². The number of hydrogen-bond acceptors (Lipinski definition) is 3. The van der Waals surface area contributed by atoms with Crippen molar-refractivity contribution in [1.29, 1.82) is 0 Å². The molecule has 1 heterocycles. The zero-order chi connectivity index (χ0) is 10.7. The molecule has 0 saturated carbocycles. The standard InChI is InChI=1S/C12H10OS2/c1-9-3-2-4-10(7-9)11(13)8-12-14-5-6-15-12/h2-8H,1H3. The molecular formula is C12H10OS2. The molecule has 0 aromatic heterocycles. The summed E-state index contributed by atoms with van der Waals surface area (Å²) in [6, 6.07) is 7.67.